The molecule has 0 atom stereocenters. The first kappa shape index (κ1) is 17.7. The van der Waals surface area contributed by atoms with Gasteiger partial charge in [-0.1, -0.05) is 35.9 Å². The molecule has 1 amide bonds. The predicted octanol–water partition coefficient (Wildman–Crippen LogP) is 3.63. The van der Waals surface area contributed by atoms with Gasteiger partial charge in [0.1, 0.15) is 5.82 Å². The maximum Gasteiger partial charge on any atom is 0.261 e. The van der Waals surface area contributed by atoms with E-state index in [1.807, 2.05) is 42.5 Å². The molecular formula is C21H20ClN3O2. The van der Waals surface area contributed by atoms with E-state index in [0.717, 1.165) is 18.4 Å². The second-order valence-corrected chi connectivity index (χ2v) is 7.29. The van der Waals surface area contributed by atoms with E-state index in [0.29, 0.717) is 34.7 Å². The van der Waals surface area contributed by atoms with Crippen molar-refractivity contribution in [1.29, 1.82) is 0 Å². The van der Waals surface area contributed by atoms with Crippen LogP contribution in [-0.2, 0) is 17.8 Å². The summed E-state index contributed by atoms with van der Waals surface area (Å²) in [5, 5.41) is 4.19. The highest BCUT2D eigenvalue weighted by atomic mass is 35.5. The molecule has 0 aliphatic heterocycles. The van der Waals surface area contributed by atoms with E-state index in [1.165, 1.54) is 0 Å². The Balaban J connectivity index is 1.47. The molecule has 1 fully saturated rings. The number of aryl methyl sites for hydroxylation is 1. The van der Waals surface area contributed by atoms with Crippen molar-refractivity contribution in [2.24, 2.45) is 0 Å². The Labute approximate surface area is 162 Å². The normalized spacial score (nSPS) is 13.7. The molecule has 138 valence electrons. The highest BCUT2D eigenvalue weighted by Crippen LogP contribution is 2.34. The molecule has 27 heavy (non-hydrogen) atoms. The standard InChI is InChI=1S/C21H20ClN3O2/c22-15-5-3-4-14(12-15)13-23-20(26)11-10-19-24-18-7-2-1-6-17(18)21(27)25(19)16-8-9-16/h1-7,12,16H,8-11,13H2,(H,23,26). The van der Waals surface area contributed by atoms with E-state index in [-0.39, 0.29) is 23.9 Å². The van der Waals surface area contributed by atoms with Gasteiger partial charge in [-0.25, -0.2) is 4.98 Å². The number of nitrogens with one attached hydrogen (secondary N) is 1. The molecule has 3 aromatic rings. The number of hydrogen-bond donors (Lipinski definition) is 1. The zero-order valence-electron chi connectivity index (χ0n) is 14.8. The van der Waals surface area contributed by atoms with Crippen LogP contribution in [-0.4, -0.2) is 15.5 Å². The van der Waals surface area contributed by atoms with Gasteiger partial charge in [-0.15, -0.1) is 0 Å². The van der Waals surface area contributed by atoms with Gasteiger partial charge in [0, 0.05) is 30.5 Å². The molecular weight excluding hydrogens is 362 g/mol. The minimum absolute atomic E-state index is 0.00237. The molecule has 0 spiro atoms. The third kappa shape index (κ3) is 4.03. The van der Waals surface area contributed by atoms with Gasteiger partial charge in [0.05, 0.1) is 10.9 Å². The van der Waals surface area contributed by atoms with Gasteiger partial charge in [0.2, 0.25) is 5.91 Å². The smallest absolute Gasteiger partial charge is 0.261 e. The number of carbonyl (C=O) groups is 1. The van der Waals surface area contributed by atoms with Crippen LogP contribution in [0.5, 0.6) is 0 Å². The first-order valence-electron chi connectivity index (χ1n) is 9.13. The highest BCUT2D eigenvalue weighted by molar-refractivity contribution is 6.30. The average Bonchev–Trinajstić information content (AvgIpc) is 3.50. The van der Waals surface area contributed by atoms with Crippen LogP contribution in [0.15, 0.2) is 53.3 Å². The molecule has 6 heteroatoms. The molecule has 1 aliphatic rings. The molecule has 2 aromatic carbocycles. The Morgan fingerprint density at radius 3 is 2.78 bits per heavy atom. The summed E-state index contributed by atoms with van der Waals surface area (Å²) in [7, 11) is 0. The summed E-state index contributed by atoms with van der Waals surface area (Å²) in [6.07, 6.45) is 2.72. The van der Waals surface area contributed by atoms with E-state index in [4.69, 9.17) is 11.6 Å². The maximum atomic E-state index is 12.8. The number of nitrogens with zero attached hydrogens (tertiary/aromatic N) is 2. The number of rotatable bonds is 6. The third-order valence-electron chi connectivity index (χ3n) is 4.75. The number of para-hydroxylation sites is 1. The molecule has 1 N–H and O–H groups in total. The Bertz CT molecular complexity index is 1060. The summed E-state index contributed by atoms with van der Waals surface area (Å²) in [6.45, 7) is 0.431. The summed E-state index contributed by atoms with van der Waals surface area (Å²) in [5.74, 6) is 0.624. The summed E-state index contributed by atoms with van der Waals surface area (Å²) in [5.41, 5.74) is 1.64. The van der Waals surface area contributed by atoms with Crippen LogP contribution in [0.4, 0.5) is 0 Å². The molecule has 1 aliphatic carbocycles. The SMILES string of the molecule is O=C(CCc1nc2ccccc2c(=O)n1C1CC1)NCc1cccc(Cl)c1. The van der Waals surface area contributed by atoms with E-state index in [2.05, 4.69) is 10.3 Å². The van der Waals surface area contributed by atoms with Crippen molar-refractivity contribution in [2.75, 3.05) is 0 Å². The summed E-state index contributed by atoms with van der Waals surface area (Å²) >= 11 is 5.96. The van der Waals surface area contributed by atoms with Gasteiger partial charge in [0.15, 0.2) is 0 Å². The molecule has 1 aromatic heterocycles. The van der Waals surface area contributed by atoms with E-state index in [9.17, 15) is 9.59 Å². The van der Waals surface area contributed by atoms with Crippen molar-refractivity contribution >= 4 is 28.4 Å². The lowest BCUT2D eigenvalue weighted by Crippen LogP contribution is -2.27. The van der Waals surface area contributed by atoms with Crippen LogP contribution < -0.4 is 10.9 Å². The van der Waals surface area contributed by atoms with Crippen LogP contribution in [0.2, 0.25) is 5.02 Å². The van der Waals surface area contributed by atoms with Gasteiger partial charge >= 0.3 is 0 Å². The predicted molar refractivity (Wildman–Crippen MR) is 106 cm³/mol. The van der Waals surface area contributed by atoms with Gasteiger partial charge in [0.25, 0.3) is 5.56 Å². The number of benzene rings is 2. The Morgan fingerprint density at radius 1 is 1.19 bits per heavy atom. The first-order chi connectivity index (χ1) is 13.1. The maximum absolute atomic E-state index is 12.8. The molecule has 0 unspecified atom stereocenters. The van der Waals surface area contributed by atoms with Gasteiger partial charge in [-0.2, -0.15) is 0 Å². The number of aromatic nitrogens is 2. The van der Waals surface area contributed by atoms with Crippen molar-refractivity contribution < 1.29 is 4.79 Å². The zero-order chi connectivity index (χ0) is 18.8. The lowest BCUT2D eigenvalue weighted by molar-refractivity contribution is -0.121. The number of hydrogen-bond acceptors (Lipinski definition) is 3. The van der Waals surface area contributed by atoms with Crippen molar-refractivity contribution in [3.63, 3.8) is 0 Å². The average molecular weight is 382 g/mol. The highest BCUT2D eigenvalue weighted by Gasteiger charge is 2.28. The Morgan fingerprint density at radius 2 is 2.00 bits per heavy atom. The second-order valence-electron chi connectivity index (χ2n) is 6.86. The quantitative estimate of drug-likeness (QED) is 0.709. The van der Waals surface area contributed by atoms with Gasteiger partial charge < -0.3 is 5.32 Å². The fourth-order valence-electron chi connectivity index (χ4n) is 3.24. The zero-order valence-corrected chi connectivity index (χ0v) is 15.6. The van der Waals surface area contributed by atoms with E-state index >= 15 is 0 Å². The number of amides is 1. The largest absolute Gasteiger partial charge is 0.352 e. The molecule has 5 nitrogen and oxygen atoms in total. The lowest BCUT2D eigenvalue weighted by Gasteiger charge is -2.13. The summed E-state index contributed by atoms with van der Waals surface area (Å²) < 4.78 is 1.78. The van der Waals surface area contributed by atoms with Crippen molar-refractivity contribution in [1.82, 2.24) is 14.9 Å². The molecule has 1 saturated carbocycles. The molecule has 4 rings (SSSR count). The fraction of sp³-hybridized carbons (Fsp3) is 0.286. The van der Waals surface area contributed by atoms with Crippen LogP contribution in [0.1, 0.15) is 36.7 Å². The van der Waals surface area contributed by atoms with Crippen molar-refractivity contribution in [3.8, 4) is 0 Å². The molecule has 0 saturated heterocycles. The van der Waals surface area contributed by atoms with E-state index in [1.54, 1.807) is 10.6 Å². The van der Waals surface area contributed by atoms with Gasteiger partial charge in [-0.05, 0) is 42.7 Å². The molecule has 1 heterocycles. The van der Waals surface area contributed by atoms with Crippen molar-refractivity contribution in [3.05, 3.63) is 75.3 Å². The molecule has 0 bridgehead atoms. The molecule has 0 radical (unpaired) electrons. The van der Waals surface area contributed by atoms with Crippen molar-refractivity contribution in [2.45, 2.75) is 38.3 Å². The topological polar surface area (TPSA) is 64.0 Å². The number of carbonyl (C=O) groups excluding carboxylic acids is 1. The number of halogens is 1. The lowest BCUT2D eigenvalue weighted by atomic mass is 10.2. The van der Waals surface area contributed by atoms with Crippen LogP contribution in [0.25, 0.3) is 10.9 Å². The number of fused-ring (bicyclic) bond motifs is 1. The van der Waals surface area contributed by atoms with Crippen LogP contribution in [0.3, 0.4) is 0 Å². The Kier molecular flexibility index (Phi) is 4.94. The monoisotopic (exact) mass is 381 g/mol. The first-order valence-corrected chi connectivity index (χ1v) is 9.51. The second kappa shape index (κ2) is 7.53. The van der Waals surface area contributed by atoms with Gasteiger partial charge in [-0.3, -0.25) is 14.2 Å². The Hall–Kier alpha value is -2.66. The fourth-order valence-corrected chi connectivity index (χ4v) is 3.45. The minimum Gasteiger partial charge on any atom is -0.352 e. The third-order valence-corrected chi connectivity index (χ3v) is 4.98. The summed E-state index contributed by atoms with van der Waals surface area (Å²) in [4.78, 5) is 29.8. The summed E-state index contributed by atoms with van der Waals surface area (Å²) in [6, 6.07) is 15.0. The van der Waals surface area contributed by atoms with E-state index < -0.39 is 0 Å². The minimum atomic E-state index is -0.0697. The van der Waals surface area contributed by atoms with Crippen LogP contribution in [0, 0.1) is 0 Å². The van der Waals surface area contributed by atoms with Crippen LogP contribution >= 0.6 is 11.6 Å².